The van der Waals surface area contributed by atoms with E-state index < -0.39 is 5.97 Å². The average molecular weight is 442 g/mol. The van der Waals surface area contributed by atoms with Gasteiger partial charge in [-0.1, -0.05) is 62.8 Å². The molecule has 0 atom stereocenters. The maximum absolute atomic E-state index is 12.3. The number of methoxy groups -OCH3 is 1. The molecule has 164 valence electrons. The van der Waals surface area contributed by atoms with E-state index in [-0.39, 0.29) is 11.6 Å². The van der Waals surface area contributed by atoms with Gasteiger partial charge in [-0.2, -0.15) is 0 Å². The average Bonchev–Trinajstić information content (AvgIpc) is 3.14. The van der Waals surface area contributed by atoms with E-state index >= 15 is 0 Å². The molecule has 0 radical (unpaired) electrons. The molecule has 0 spiro atoms. The normalized spacial score (nSPS) is 14.5. The highest BCUT2D eigenvalue weighted by Gasteiger charge is 2.26. The largest absolute Gasteiger partial charge is 0.496 e. The van der Waals surface area contributed by atoms with E-state index in [1.54, 1.807) is 24.3 Å². The number of esters is 1. The van der Waals surface area contributed by atoms with Crippen LogP contribution in [-0.4, -0.2) is 25.6 Å². The van der Waals surface area contributed by atoms with Gasteiger partial charge in [-0.05, 0) is 48.4 Å². The van der Waals surface area contributed by atoms with Gasteiger partial charge < -0.3 is 14.2 Å². The number of hydrogen-bond donors (Lipinski definition) is 0. The van der Waals surface area contributed by atoms with Crippen LogP contribution in [0.4, 0.5) is 0 Å². The molecule has 1 aliphatic rings. The van der Waals surface area contributed by atoms with Crippen LogP contribution in [0.3, 0.4) is 0 Å². The van der Waals surface area contributed by atoms with Crippen LogP contribution >= 0.6 is 11.6 Å². The van der Waals surface area contributed by atoms with Crippen molar-refractivity contribution < 1.29 is 19.0 Å². The fraction of sp³-hybridized carbons (Fsp3) is 0.360. The summed E-state index contributed by atoms with van der Waals surface area (Å²) in [7, 11) is 1.54. The number of nitrogens with zero attached hydrogens (tertiary/aromatic N) is 1. The Kier molecular flexibility index (Phi) is 8.53. The van der Waals surface area contributed by atoms with Crippen LogP contribution in [0.5, 0.6) is 11.5 Å². The Labute approximate surface area is 188 Å². The summed E-state index contributed by atoms with van der Waals surface area (Å²) >= 11 is 6.07. The third-order valence-corrected chi connectivity index (χ3v) is 5.20. The zero-order chi connectivity index (χ0) is 22.1. The smallest absolute Gasteiger partial charge is 0.363 e. The molecule has 0 unspecified atom stereocenters. The standard InChI is InChI=1S/C25H28ClNO4/c1-3-4-5-6-7-8-15-30-20-12-9-18(10-13-20)16-22-25(28)31-24(27-22)21-17-19(26)11-14-23(21)29-2/h9-14,16-17H,3-8,15H2,1-2H3. The monoisotopic (exact) mass is 441 g/mol. The van der Waals surface area contributed by atoms with Gasteiger partial charge in [0.2, 0.25) is 5.90 Å². The molecule has 0 amide bonds. The fourth-order valence-corrected chi connectivity index (χ4v) is 3.43. The van der Waals surface area contributed by atoms with Gasteiger partial charge in [0.25, 0.3) is 0 Å². The second-order valence-corrected chi connectivity index (χ2v) is 7.80. The van der Waals surface area contributed by atoms with Crippen molar-refractivity contribution in [2.24, 2.45) is 4.99 Å². The molecule has 5 nitrogen and oxygen atoms in total. The zero-order valence-electron chi connectivity index (χ0n) is 18.0. The van der Waals surface area contributed by atoms with Crippen molar-refractivity contribution in [2.45, 2.75) is 45.4 Å². The van der Waals surface area contributed by atoms with Gasteiger partial charge in [-0.25, -0.2) is 9.79 Å². The number of aliphatic imine (C=N–C) groups is 1. The molecule has 2 aromatic carbocycles. The van der Waals surface area contributed by atoms with Gasteiger partial charge in [0.1, 0.15) is 11.5 Å². The Morgan fingerprint density at radius 3 is 2.52 bits per heavy atom. The Balaban J connectivity index is 1.60. The van der Waals surface area contributed by atoms with Gasteiger partial charge in [-0.3, -0.25) is 0 Å². The van der Waals surface area contributed by atoms with Crippen LogP contribution in [0.2, 0.25) is 5.02 Å². The SMILES string of the molecule is CCCCCCCCOc1ccc(C=C2N=C(c3cc(Cl)ccc3OC)OC2=O)cc1. The van der Waals surface area contributed by atoms with Crippen LogP contribution in [0, 0.1) is 0 Å². The van der Waals surface area contributed by atoms with E-state index in [0.29, 0.717) is 22.9 Å². The fourth-order valence-electron chi connectivity index (χ4n) is 3.26. The first-order valence-corrected chi connectivity index (χ1v) is 11.1. The van der Waals surface area contributed by atoms with Gasteiger partial charge in [0.15, 0.2) is 5.70 Å². The number of hydrogen-bond acceptors (Lipinski definition) is 5. The summed E-state index contributed by atoms with van der Waals surface area (Å²) in [5, 5.41) is 0.503. The maximum Gasteiger partial charge on any atom is 0.363 e. The van der Waals surface area contributed by atoms with Crippen molar-refractivity contribution in [1.82, 2.24) is 0 Å². The summed E-state index contributed by atoms with van der Waals surface area (Å²) in [4.78, 5) is 16.6. The second-order valence-electron chi connectivity index (χ2n) is 7.37. The third kappa shape index (κ3) is 6.59. The quantitative estimate of drug-likeness (QED) is 0.229. The molecule has 1 aliphatic heterocycles. The van der Waals surface area contributed by atoms with Gasteiger partial charge >= 0.3 is 5.97 Å². The Morgan fingerprint density at radius 1 is 1.03 bits per heavy atom. The molecule has 0 aromatic heterocycles. The summed E-state index contributed by atoms with van der Waals surface area (Å²) in [6.45, 7) is 2.94. The first-order valence-electron chi connectivity index (χ1n) is 10.7. The Morgan fingerprint density at radius 2 is 1.77 bits per heavy atom. The minimum Gasteiger partial charge on any atom is -0.496 e. The van der Waals surface area contributed by atoms with Crippen molar-refractivity contribution in [1.29, 1.82) is 0 Å². The highest BCUT2D eigenvalue weighted by atomic mass is 35.5. The topological polar surface area (TPSA) is 57.1 Å². The molecule has 6 heteroatoms. The van der Waals surface area contributed by atoms with E-state index in [4.69, 9.17) is 25.8 Å². The van der Waals surface area contributed by atoms with Crippen molar-refractivity contribution in [3.8, 4) is 11.5 Å². The molecule has 0 saturated heterocycles. The molecule has 2 aromatic rings. The summed E-state index contributed by atoms with van der Waals surface area (Å²) in [5.41, 5.74) is 1.59. The third-order valence-electron chi connectivity index (χ3n) is 4.96. The van der Waals surface area contributed by atoms with Crippen molar-refractivity contribution >= 4 is 29.5 Å². The molecule has 0 saturated carbocycles. The van der Waals surface area contributed by atoms with Crippen LogP contribution in [-0.2, 0) is 9.53 Å². The molecule has 0 aliphatic carbocycles. The number of cyclic esters (lactones) is 1. The lowest BCUT2D eigenvalue weighted by molar-refractivity contribution is -0.129. The van der Waals surface area contributed by atoms with E-state index in [1.807, 2.05) is 24.3 Å². The maximum atomic E-state index is 12.3. The first kappa shape index (κ1) is 22.9. The molecule has 0 N–H and O–H groups in total. The molecule has 31 heavy (non-hydrogen) atoms. The highest BCUT2D eigenvalue weighted by Crippen LogP contribution is 2.28. The molecule has 0 bridgehead atoms. The zero-order valence-corrected chi connectivity index (χ0v) is 18.8. The number of benzene rings is 2. The van der Waals surface area contributed by atoms with Gasteiger partial charge in [0, 0.05) is 5.02 Å². The number of rotatable bonds is 11. The van der Waals surface area contributed by atoms with Crippen LogP contribution in [0.15, 0.2) is 53.2 Å². The lowest BCUT2D eigenvalue weighted by atomic mass is 10.1. The number of unbranched alkanes of at least 4 members (excludes halogenated alkanes) is 5. The van der Waals surface area contributed by atoms with Crippen LogP contribution in [0.25, 0.3) is 6.08 Å². The van der Waals surface area contributed by atoms with Gasteiger partial charge in [-0.15, -0.1) is 0 Å². The van der Waals surface area contributed by atoms with Crippen molar-refractivity contribution in [3.05, 3.63) is 64.3 Å². The molecule has 1 heterocycles. The summed E-state index contributed by atoms with van der Waals surface area (Å²) in [6, 6.07) is 12.6. The Bertz CT molecular complexity index is 950. The van der Waals surface area contributed by atoms with Crippen molar-refractivity contribution in [2.75, 3.05) is 13.7 Å². The lowest BCUT2D eigenvalue weighted by Crippen LogP contribution is -2.07. The van der Waals surface area contributed by atoms with Gasteiger partial charge in [0.05, 0.1) is 19.3 Å². The predicted molar refractivity (Wildman–Crippen MR) is 124 cm³/mol. The summed E-state index contributed by atoms with van der Waals surface area (Å²) < 4.78 is 16.5. The minimum absolute atomic E-state index is 0.175. The van der Waals surface area contributed by atoms with E-state index in [9.17, 15) is 4.79 Å². The molecular formula is C25H28ClNO4. The van der Waals surface area contributed by atoms with Crippen LogP contribution in [0.1, 0.15) is 56.6 Å². The number of carbonyl (C=O) groups excluding carboxylic acids is 1. The number of halogens is 1. The van der Waals surface area contributed by atoms with Crippen LogP contribution < -0.4 is 9.47 Å². The van der Waals surface area contributed by atoms with Crippen molar-refractivity contribution in [3.63, 3.8) is 0 Å². The predicted octanol–water partition coefficient (Wildman–Crippen LogP) is 6.43. The van der Waals surface area contributed by atoms with E-state index in [2.05, 4.69) is 11.9 Å². The lowest BCUT2D eigenvalue weighted by Gasteiger charge is -2.07. The molecular weight excluding hydrogens is 414 g/mol. The molecule has 3 rings (SSSR count). The first-order chi connectivity index (χ1) is 15.1. The highest BCUT2D eigenvalue weighted by molar-refractivity contribution is 6.31. The number of carbonyl (C=O) groups is 1. The molecule has 0 fully saturated rings. The number of ether oxygens (including phenoxy) is 3. The summed E-state index contributed by atoms with van der Waals surface area (Å²) in [5.74, 6) is 1.01. The van der Waals surface area contributed by atoms with E-state index in [1.165, 1.54) is 39.2 Å². The van der Waals surface area contributed by atoms with E-state index in [0.717, 1.165) is 17.7 Å². The minimum atomic E-state index is -0.513. The second kappa shape index (κ2) is 11.6. The summed E-state index contributed by atoms with van der Waals surface area (Å²) in [6.07, 6.45) is 9.08. The Hall–Kier alpha value is -2.79.